The zero-order valence-electron chi connectivity index (χ0n) is 26.6. The van der Waals surface area contributed by atoms with Gasteiger partial charge in [0.2, 0.25) is 0 Å². The van der Waals surface area contributed by atoms with Crippen molar-refractivity contribution in [2.24, 2.45) is 0 Å². The summed E-state index contributed by atoms with van der Waals surface area (Å²) in [5, 5.41) is 19.1. The first-order valence-electron chi connectivity index (χ1n) is 16.4. The van der Waals surface area contributed by atoms with Crippen LogP contribution in [0.25, 0.3) is 0 Å². The van der Waals surface area contributed by atoms with E-state index in [4.69, 9.17) is 19.5 Å². The van der Waals surface area contributed by atoms with Crippen molar-refractivity contribution in [3.05, 3.63) is 89.0 Å². The summed E-state index contributed by atoms with van der Waals surface area (Å²) in [6.45, 7) is 2.86. The van der Waals surface area contributed by atoms with Crippen LogP contribution in [0.4, 0.5) is 0 Å². The number of unbranched alkanes of at least 4 members (excludes halogenated alkanes) is 13. The Hall–Kier alpha value is -4.31. The molecule has 0 aliphatic rings. The van der Waals surface area contributed by atoms with E-state index in [0.717, 1.165) is 12.8 Å². The lowest BCUT2D eigenvalue weighted by Gasteiger charge is -2.10. The molecular weight excluding hydrogens is 566 g/mol. The largest absolute Gasteiger partial charge is 0.507 e. The molecule has 0 unspecified atom stereocenters. The molecule has 240 valence electrons. The second-order valence-electron chi connectivity index (χ2n) is 11.4. The van der Waals surface area contributed by atoms with Gasteiger partial charge in [-0.15, -0.1) is 0 Å². The van der Waals surface area contributed by atoms with Crippen LogP contribution in [0.5, 0.6) is 17.2 Å². The van der Waals surface area contributed by atoms with Gasteiger partial charge in [0, 0.05) is 0 Å². The standard InChI is InChI=1S/C38H47NO6/c1-2-3-4-5-6-7-8-9-10-11-12-13-14-15-26-43-33-22-20-32(21-23-33)37(41)45-34-24-25-36(40)35(27-34)38(42)44-29-31-18-16-30(28-39)17-19-31/h16-25,27,40H,2-15,26,29H2,1H3. The quantitative estimate of drug-likeness (QED) is 0.0724. The minimum atomic E-state index is -0.768. The summed E-state index contributed by atoms with van der Waals surface area (Å²) in [6, 6.07) is 19.3. The molecular formula is C38H47NO6. The molecule has 3 rings (SSSR count). The number of hydrogen-bond acceptors (Lipinski definition) is 7. The third-order valence-corrected chi connectivity index (χ3v) is 7.71. The van der Waals surface area contributed by atoms with Gasteiger partial charge < -0.3 is 19.3 Å². The van der Waals surface area contributed by atoms with E-state index in [1.54, 1.807) is 48.5 Å². The third kappa shape index (κ3) is 13.5. The average molecular weight is 614 g/mol. The first-order chi connectivity index (χ1) is 22.0. The Labute approximate surface area is 268 Å². The van der Waals surface area contributed by atoms with Gasteiger partial charge in [0.25, 0.3) is 0 Å². The zero-order chi connectivity index (χ0) is 32.1. The first kappa shape index (κ1) is 35.2. The van der Waals surface area contributed by atoms with Crippen molar-refractivity contribution in [1.82, 2.24) is 0 Å². The molecule has 3 aromatic carbocycles. The van der Waals surface area contributed by atoms with Crippen LogP contribution in [0, 0.1) is 11.3 Å². The van der Waals surface area contributed by atoms with Crippen molar-refractivity contribution in [3.63, 3.8) is 0 Å². The van der Waals surface area contributed by atoms with Crippen LogP contribution < -0.4 is 9.47 Å². The number of hydrogen-bond donors (Lipinski definition) is 1. The highest BCUT2D eigenvalue weighted by Gasteiger charge is 2.17. The van der Waals surface area contributed by atoms with Gasteiger partial charge >= 0.3 is 11.9 Å². The van der Waals surface area contributed by atoms with Crippen LogP contribution >= 0.6 is 0 Å². The molecule has 0 aliphatic heterocycles. The Morgan fingerprint density at radius 1 is 0.689 bits per heavy atom. The first-order valence-corrected chi connectivity index (χ1v) is 16.4. The summed E-state index contributed by atoms with van der Waals surface area (Å²) in [4.78, 5) is 25.3. The smallest absolute Gasteiger partial charge is 0.343 e. The van der Waals surface area contributed by atoms with E-state index >= 15 is 0 Å². The molecule has 1 N–H and O–H groups in total. The second-order valence-corrected chi connectivity index (χ2v) is 11.4. The predicted molar refractivity (Wildman–Crippen MR) is 176 cm³/mol. The fourth-order valence-electron chi connectivity index (χ4n) is 4.98. The van der Waals surface area contributed by atoms with Crippen molar-refractivity contribution in [3.8, 4) is 23.3 Å². The van der Waals surface area contributed by atoms with Gasteiger partial charge in [-0.25, -0.2) is 9.59 Å². The summed E-state index contributed by atoms with van der Waals surface area (Å²) in [6.07, 6.45) is 18.4. The lowest BCUT2D eigenvalue weighted by atomic mass is 10.0. The number of ether oxygens (including phenoxy) is 3. The van der Waals surface area contributed by atoms with E-state index in [1.807, 2.05) is 6.07 Å². The van der Waals surface area contributed by atoms with Crippen LogP contribution in [-0.4, -0.2) is 23.7 Å². The molecule has 0 bridgehead atoms. The topological polar surface area (TPSA) is 106 Å². The molecule has 0 aliphatic carbocycles. The molecule has 0 amide bonds. The molecule has 0 heterocycles. The Morgan fingerprint density at radius 2 is 1.24 bits per heavy atom. The maximum atomic E-state index is 12.7. The van der Waals surface area contributed by atoms with Crippen molar-refractivity contribution in [1.29, 1.82) is 5.26 Å². The molecule has 0 spiro atoms. The van der Waals surface area contributed by atoms with Crippen molar-refractivity contribution in [2.75, 3.05) is 6.61 Å². The van der Waals surface area contributed by atoms with Crippen molar-refractivity contribution >= 4 is 11.9 Å². The number of phenols is 1. The Bertz CT molecular complexity index is 1340. The fraction of sp³-hybridized carbons (Fsp3) is 0.447. The predicted octanol–water partition coefficient (Wildman–Crippen LogP) is 9.70. The number of esters is 2. The fourth-order valence-corrected chi connectivity index (χ4v) is 4.98. The van der Waals surface area contributed by atoms with Gasteiger partial charge in [-0.05, 0) is 66.6 Å². The molecule has 0 atom stereocenters. The Morgan fingerprint density at radius 3 is 1.82 bits per heavy atom. The summed E-state index contributed by atoms with van der Waals surface area (Å²) in [7, 11) is 0. The Balaban J connectivity index is 1.31. The number of rotatable bonds is 21. The molecule has 0 saturated carbocycles. The maximum Gasteiger partial charge on any atom is 0.343 e. The lowest BCUT2D eigenvalue weighted by Crippen LogP contribution is -2.10. The van der Waals surface area contributed by atoms with Crippen LogP contribution in [-0.2, 0) is 11.3 Å². The highest BCUT2D eigenvalue weighted by molar-refractivity contribution is 5.94. The second kappa shape index (κ2) is 20.6. The summed E-state index contributed by atoms with van der Waals surface area (Å²) < 4.78 is 16.6. The monoisotopic (exact) mass is 613 g/mol. The zero-order valence-corrected chi connectivity index (χ0v) is 26.6. The number of carbonyl (C=O) groups is 2. The van der Waals surface area contributed by atoms with Crippen LogP contribution in [0.15, 0.2) is 66.7 Å². The highest BCUT2D eigenvalue weighted by Crippen LogP contribution is 2.25. The van der Waals surface area contributed by atoms with Crippen molar-refractivity contribution in [2.45, 2.75) is 103 Å². The summed E-state index contributed by atoms with van der Waals surface area (Å²) >= 11 is 0. The van der Waals surface area contributed by atoms with Crippen LogP contribution in [0.1, 0.15) is 129 Å². The van der Waals surface area contributed by atoms with E-state index < -0.39 is 11.9 Å². The number of benzene rings is 3. The normalized spacial score (nSPS) is 10.7. The number of aromatic hydroxyl groups is 1. The number of nitrogens with zero attached hydrogens (tertiary/aromatic N) is 1. The molecule has 0 aromatic heterocycles. The Kier molecular flexibility index (Phi) is 16.1. The molecule has 3 aromatic rings. The maximum absolute atomic E-state index is 12.7. The van der Waals surface area contributed by atoms with Crippen molar-refractivity contribution < 1.29 is 28.9 Å². The van der Waals surface area contributed by atoms with Crippen LogP contribution in [0.3, 0.4) is 0 Å². The summed E-state index contributed by atoms with van der Waals surface area (Å²) in [5.41, 5.74) is 1.40. The highest BCUT2D eigenvalue weighted by atomic mass is 16.5. The van der Waals surface area contributed by atoms with Gasteiger partial charge in [-0.1, -0.05) is 103 Å². The van der Waals surface area contributed by atoms with Gasteiger partial charge in [-0.3, -0.25) is 0 Å². The average Bonchev–Trinajstić information content (AvgIpc) is 3.06. The van der Waals surface area contributed by atoms with E-state index in [9.17, 15) is 14.7 Å². The van der Waals surface area contributed by atoms with Gasteiger partial charge in [0.15, 0.2) is 0 Å². The number of phenolic OH excluding ortho intramolecular Hbond substituents is 1. The van der Waals surface area contributed by atoms with E-state index in [-0.39, 0.29) is 23.7 Å². The molecule has 0 fully saturated rings. The minimum absolute atomic E-state index is 0.0399. The van der Waals surface area contributed by atoms with E-state index in [1.165, 1.54) is 95.2 Å². The van der Waals surface area contributed by atoms with Gasteiger partial charge in [0.05, 0.1) is 23.8 Å². The van der Waals surface area contributed by atoms with Crippen LogP contribution in [0.2, 0.25) is 0 Å². The molecule has 7 heteroatoms. The lowest BCUT2D eigenvalue weighted by molar-refractivity contribution is 0.0467. The van der Waals surface area contributed by atoms with Gasteiger partial charge in [-0.2, -0.15) is 5.26 Å². The molecule has 0 radical (unpaired) electrons. The third-order valence-electron chi connectivity index (χ3n) is 7.71. The SMILES string of the molecule is CCCCCCCCCCCCCCCCOc1ccc(C(=O)Oc2ccc(O)c(C(=O)OCc3ccc(C#N)cc3)c2)cc1. The van der Waals surface area contributed by atoms with Gasteiger partial charge in [0.1, 0.15) is 29.4 Å². The molecule has 45 heavy (non-hydrogen) atoms. The molecule has 0 saturated heterocycles. The van der Waals surface area contributed by atoms with E-state index in [2.05, 4.69) is 6.92 Å². The number of carbonyl (C=O) groups excluding carboxylic acids is 2. The number of nitriles is 1. The molecule has 7 nitrogen and oxygen atoms in total. The minimum Gasteiger partial charge on any atom is -0.507 e. The van der Waals surface area contributed by atoms with E-state index in [0.29, 0.717) is 29.0 Å². The summed E-state index contributed by atoms with van der Waals surface area (Å²) in [5.74, 6) is -0.870.